The predicted molar refractivity (Wildman–Crippen MR) is 155 cm³/mol. The van der Waals surface area contributed by atoms with Crippen LogP contribution in [0.2, 0.25) is 0 Å². The minimum absolute atomic E-state index is 0.0523. The first-order valence-corrected chi connectivity index (χ1v) is 14.8. The molecule has 0 bridgehead atoms. The second-order valence-electron chi connectivity index (χ2n) is 10.5. The van der Waals surface area contributed by atoms with E-state index in [9.17, 15) is 4.79 Å². The standard InChI is InChI=1S/C33H37OP/c1-26(20-21-32-27(2)24-28(34)25-33(32,3)4)22-23-35(29-14-8-5-9-15-29,30-16-10-6-11-17-30)31-18-12-7-13-19-31/h5-22,24,32,35H,23,25H2,1-4H3/b21-20+,26-22+. The van der Waals surface area contributed by atoms with Crippen LogP contribution in [0.5, 0.6) is 0 Å². The Morgan fingerprint density at radius 3 is 1.74 bits per heavy atom. The van der Waals surface area contributed by atoms with E-state index in [-0.39, 0.29) is 17.1 Å². The molecule has 0 spiro atoms. The van der Waals surface area contributed by atoms with Crippen molar-refractivity contribution in [3.63, 3.8) is 0 Å². The number of rotatable bonds is 7. The van der Waals surface area contributed by atoms with Gasteiger partial charge in [0.25, 0.3) is 0 Å². The molecule has 1 atom stereocenters. The quantitative estimate of drug-likeness (QED) is 0.269. The molecule has 3 aromatic carbocycles. The Bertz CT molecular complexity index is 1140. The van der Waals surface area contributed by atoms with Crippen molar-refractivity contribution in [2.75, 3.05) is 6.16 Å². The average molecular weight is 481 g/mol. The second-order valence-corrected chi connectivity index (χ2v) is 14.5. The summed E-state index contributed by atoms with van der Waals surface area (Å²) in [6, 6.07) is 33.2. The summed E-state index contributed by atoms with van der Waals surface area (Å²) >= 11 is 0. The van der Waals surface area contributed by atoms with Gasteiger partial charge in [-0.1, -0.05) is 0 Å². The van der Waals surface area contributed by atoms with Crippen LogP contribution < -0.4 is 15.9 Å². The van der Waals surface area contributed by atoms with Crippen LogP contribution in [0.3, 0.4) is 0 Å². The number of ketones is 1. The molecular formula is C33H37OP. The number of benzene rings is 3. The maximum atomic E-state index is 12.1. The first kappa shape index (κ1) is 25.1. The third-order valence-electron chi connectivity index (χ3n) is 7.43. The van der Waals surface area contributed by atoms with Gasteiger partial charge in [0.2, 0.25) is 0 Å². The number of carbonyl (C=O) groups excluding carboxylic acids is 1. The third-order valence-corrected chi connectivity index (χ3v) is 12.2. The van der Waals surface area contributed by atoms with Gasteiger partial charge in [-0.05, 0) is 0 Å². The molecular weight excluding hydrogens is 443 g/mol. The summed E-state index contributed by atoms with van der Waals surface area (Å²) in [5.41, 5.74) is 2.38. The summed E-state index contributed by atoms with van der Waals surface area (Å²) in [5.74, 6) is 0.525. The zero-order valence-electron chi connectivity index (χ0n) is 21.4. The van der Waals surface area contributed by atoms with Crippen molar-refractivity contribution in [1.29, 1.82) is 0 Å². The molecule has 2 heteroatoms. The van der Waals surface area contributed by atoms with Crippen LogP contribution in [0.15, 0.2) is 126 Å². The number of hydrogen-bond acceptors (Lipinski definition) is 1. The van der Waals surface area contributed by atoms with Gasteiger partial charge < -0.3 is 0 Å². The second kappa shape index (κ2) is 10.7. The summed E-state index contributed by atoms with van der Waals surface area (Å²) in [6.45, 7) is 8.70. The summed E-state index contributed by atoms with van der Waals surface area (Å²) in [5, 5.41) is 4.28. The van der Waals surface area contributed by atoms with Crippen LogP contribution in [-0.2, 0) is 4.79 Å². The number of allylic oxidation sites excluding steroid dienone is 6. The molecule has 0 saturated carbocycles. The van der Waals surface area contributed by atoms with E-state index in [0.717, 1.165) is 11.7 Å². The Balaban J connectivity index is 1.75. The topological polar surface area (TPSA) is 17.1 Å². The fraction of sp³-hybridized carbons (Fsp3) is 0.242. The average Bonchev–Trinajstić information content (AvgIpc) is 2.85. The molecule has 1 unspecified atom stereocenters. The van der Waals surface area contributed by atoms with E-state index in [0.29, 0.717) is 6.42 Å². The molecule has 0 saturated heterocycles. The van der Waals surface area contributed by atoms with Crippen LogP contribution in [0.1, 0.15) is 34.1 Å². The van der Waals surface area contributed by atoms with Crippen molar-refractivity contribution in [3.8, 4) is 0 Å². The van der Waals surface area contributed by atoms with Gasteiger partial charge in [0.1, 0.15) is 0 Å². The van der Waals surface area contributed by atoms with E-state index >= 15 is 0 Å². The van der Waals surface area contributed by atoms with E-state index in [1.165, 1.54) is 21.5 Å². The molecule has 1 nitrogen and oxygen atoms in total. The zero-order valence-corrected chi connectivity index (χ0v) is 22.4. The summed E-state index contributed by atoms with van der Waals surface area (Å²) in [4.78, 5) is 12.1. The van der Waals surface area contributed by atoms with Gasteiger partial charge >= 0.3 is 212 Å². The van der Waals surface area contributed by atoms with Crippen LogP contribution in [0.4, 0.5) is 0 Å². The molecule has 0 heterocycles. The van der Waals surface area contributed by atoms with Gasteiger partial charge in [0.15, 0.2) is 0 Å². The van der Waals surface area contributed by atoms with Gasteiger partial charge in [0, 0.05) is 0 Å². The molecule has 180 valence electrons. The Morgan fingerprint density at radius 1 is 0.857 bits per heavy atom. The Kier molecular flexibility index (Phi) is 7.68. The van der Waals surface area contributed by atoms with Crippen LogP contribution in [0, 0.1) is 11.3 Å². The SMILES string of the molecule is CC1=CC(=O)CC(C)(C)C1/C=C/C(C)=C/C[PH](c1ccccc1)(c1ccccc1)c1ccccc1. The zero-order chi connectivity index (χ0) is 24.9. The van der Waals surface area contributed by atoms with Gasteiger partial charge in [-0.25, -0.2) is 0 Å². The Morgan fingerprint density at radius 2 is 1.31 bits per heavy atom. The molecule has 0 aromatic heterocycles. The van der Waals surface area contributed by atoms with E-state index in [2.05, 4.69) is 137 Å². The molecule has 4 rings (SSSR count). The molecule has 0 fully saturated rings. The Labute approximate surface area is 211 Å². The van der Waals surface area contributed by atoms with Crippen molar-refractivity contribution >= 4 is 29.0 Å². The summed E-state index contributed by atoms with van der Waals surface area (Å²) < 4.78 is 0. The number of hydrogen-bond donors (Lipinski definition) is 0. The van der Waals surface area contributed by atoms with Gasteiger partial charge in [-0.2, -0.15) is 0 Å². The van der Waals surface area contributed by atoms with Gasteiger partial charge in [0.05, 0.1) is 0 Å². The minimum atomic E-state index is -2.27. The van der Waals surface area contributed by atoms with Crippen LogP contribution in [-0.4, -0.2) is 11.9 Å². The van der Waals surface area contributed by atoms with Gasteiger partial charge in [-0.15, -0.1) is 0 Å². The molecule has 1 aliphatic carbocycles. The third kappa shape index (κ3) is 5.47. The van der Waals surface area contributed by atoms with E-state index < -0.39 is 7.26 Å². The van der Waals surface area contributed by atoms with Gasteiger partial charge in [-0.3, -0.25) is 0 Å². The molecule has 35 heavy (non-hydrogen) atoms. The predicted octanol–water partition coefficient (Wildman–Crippen LogP) is 6.78. The van der Waals surface area contributed by atoms with Crippen LogP contribution in [0.25, 0.3) is 0 Å². The van der Waals surface area contributed by atoms with E-state index in [1.807, 2.05) is 6.08 Å². The molecule has 1 aliphatic rings. The van der Waals surface area contributed by atoms with E-state index in [4.69, 9.17) is 0 Å². The fourth-order valence-electron chi connectivity index (χ4n) is 5.63. The van der Waals surface area contributed by atoms with Crippen molar-refractivity contribution < 1.29 is 4.79 Å². The van der Waals surface area contributed by atoms with Crippen molar-refractivity contribution in [2.45, 2.75) is 34.1 Å². The normalized spacial score (nSPS) is 19.0. The van der Waals surface area contributed by atoms with E-state index in [1.54, 1.807) is 0 Å². The molecule has 0 N–H and O–H groups in total. The first-order chi connectivity index (χ1) is 16.8. The van der Waals surface area contributed by atoms with Crippen molar-refractivity contribution in [3.05, 3.63) is 126 Å². The van der Waals surface area contributed by atoms with Crippen LogP contribution >= 0.6 is 7.26 Å². The fourth-order valence-corrected chi connectivity index (χ4v) is 10.3. The summed E-state index contributed by atoms with van der Waals surface area (Å²) in [7, 11) is -2.27. The van der Waals surface area contributed by atoms with Crippen molar-refractivity contribution in [2.24, 2.45) is 11.3 Å². The first-order valence-electron chi connectivity index (χ1n) is 12.6. The molecule has 0 amide bonds. The monoisotopic (exact) mass is 480 g/mol. The number of carbonyl (C=O) groups is 1. The molecule has 0 aliphatic heterocycles. The molecule has 0 radical (unpaired) electrons. The maximum absolute atomic E-state index is 12.1. The molecule has 3 aromatic rings. The Hall–Kier alpha value is -3.02. The summed E-state index contributed by atoms with van der Waals surface area (Å²) in [6.07, 6.45) is 10.4. The van der Waals surface area contributed by atoms with Crippen molar-refractivity contribution in [1.82, 2.24) is 0 Å².